The summed E-state index contributed by atoms with van der Waals surface area (Å²) in [6.07, 6.45) is 6.20. The van der Waals surface area contributed by atoms with Gasteiger partial charge in [0.15, 0.2) is 0 Å². The average molecular weight is 382 g/mol. The minimum atomic E-state index is -3.68. The van der Waals surface area contributed by atoms with Crippen LogP contribution in [0.4, 0.5) is 0 Å². The van der Waals surface area contributed by atoms with Crippen LogP contribution < -0.4 is 0 Å². The number of sulfonamides is 1. The molecule has 0 amide bonds. The van der Waals surface area contributed by atoms with Crippen LogP contribution in [0.3, 0.4) is 0 Å². The first-order valence-electron chi connectivity index (χ1n) is 8.63. The van der Waals surface area contributed by atoms with Crippen LogP contribution in [0.5, 0.6) is 0 Å². The molecule has 0 spiro atoms. The molecule has 1 saturated heterocycles. The third kappa shape index (κ3) is 2.95. The van der Waals surface area contributed by atoms with E-state index in [0.717, 1.165) is 17.7 Å². The van der Waals surface area contributed by atoms with E-state index in [2.05, 4.69) is 0 Å². The molecule has 3 heterocycles. The zero-order valence-corrected chi connectivity index (χ0v) is 16.1. The van der Waals surface area contributed by atoms with Crippen molar-refractivity contribution in [3.8, 4) is 10.6 Å². The molecule has 2 fully saturated rings. The van der Waals surface area contributed by atoms with Crippen LogP contribution in [0, 0.1) is 0 Å². The topological polar surface area (TPSA) is 64.4 Å². The van der Waals surface area contributed by atoms with Gasteiger partial charge in [0.1, 0.15) is 17.3 Å². The Morgan fingerprint density at radius 1 is 1.32 bits per heavy atom. The summed E-state index contributed by atoms with van der Waals surface area (Å²) in [7, 11) is -3.68. The first-order valence-corrected chi connectivity index (χ1v) is 11.0. The number of ether oxygens (including phenoxy) is 1. The zero-order valence-electron chi connectivity index (χ0n) is 14.5. The van der Waals surface area contributed by atoms with E-state index in [1.54, 1.807) is 6.20 Å². The van der Waals surface area contributed by atoms with Crippen molar-refractivity contribution in [1.29, 1.82) is 0 Å². The minimum absolute atomic E-state index is 0.0911. The molecule has 6 nitrogen and oxygen atoms in total. The molecule has 2 aromatic heterocycles. The van der Waals surface area contributed by atoms with Crippen molar-refractivity contribution in [2.24, 2.45) is 0 Å². The largest absolute Gasteiger partial charge is 0.363 e. The summed E-state index contributed by atoms with van der Waals surface area (Å²) in [4.78, 5) is 1.17. The number of thiophene rings is 1. The fraction of sp³-hybridized carbons (Fsp3) is 0.588. The molecule has 1 aliphatic heterocycles. The lowest BCUT2D eigenvalue weighted by atomic mass is 10.1. The van der Waals surface area contributed by atoms with Gasteiger partial charge >= 0.3 is 0 Å². The van der Waals surface area contributed by atoms with E-state index >= 15 is 0 Å². The highest BCUT2D eigenvalue weighted by atomic mass is 32.2. The predicted molar refractivity (Wildman–Crippen MR) is 97.0 cm³/mol. The van der Waals surface area contributed by atoms with Crippen LogP contribution in [-0.2, 0) is 14.8 Å². The van der Waals surface area contributed by atoms with Gasteiger partial charge in [0, 0.05) is 6.20 Å². The average Bonchev–Trinajstić information content (AvgIpc) is 3.33. The highest BCUT2D eigenvalue weighted by Gasteiger charge is 2.44. The predicted octanol–water partition coefficient (Wildman–Crippen LogP) is 3.48. The van der Waals surface area contributed by atoms with Crippen molar-refractivity contribution >= 4 is 21.4 Å². The van der Waals surface area contributed by atoms with Gasteiger partial charge < -0.3 is 4.74 Å². The quantitative estimate of drug-likeness (QED) is 0.813. The third-order valence-electron chi connectivity index (χ3n) is 5.06. The summed E-state index contributed by atoms with van der Waals surface area (Å²) >= 11 is 1.51. The first kappa shape index (κ1) is 17.2. The van der Waals surface area contributed by atoms with Gasteiger partial charge in [-0.05, 0) is 38.1 Å². The monoisotopic (exact) mass is 381 g/mol. The van der Waals surface area contributed by atoms with Gasteiger partial charge in [0.25, 0.3) is 0 Å². The molecule has 136 valence electrons. The molecule has 0 aromatic carbocycles. The second-order valence-electron chi connectivity index (χ2n) is 7.38. The Labute approximate surface area is 152 Å². The van der Waals surface area contributed by atoms with Gasteiger partial charge in [0.05, 0.1) is 23.1 Å². The normalized spacial score (nSPS) is 22.0. The van der Waals surface area contributed by atoms with Gasteiger partial charge in [-0.3, -0.25) is 4.68 Å². The smallest absolute Gasteiger partial charge is 0.249 e. The SMILES string of the molecule is CC1(C)COCN1S(=O)(=O)c1cn(C2CCCC2)nc1-c1cccs1. The van der Waals surface area contributed by atoms with E-state index in [1.165, 1.54) is 28.5 Å². The van der Waals surface area contributed by atoms with Gasteiger partial charge in [0.2, 0.25) is 10.0 Å². The summed E-state index contributed by atoms with van der Waals surface area (Å²) < 4.78 is 35.5. The zero-order chi connectivity index (χ0) is 17.7. The fourth-order valence-corrected chi connectivity index (χ4v) is 6.22. The van der Waals surface area contributed by atoms with Crippen molar-refractivity contribution in [2.45, 2.75) is 56.0 Å². The molecule has 25 heavy (non-hydrogen) atoms. The van der Waals surface area contributed by atoms with E-state index in [4.69, 9.17) is 9.84 Å². The second kappa shape index (κ2) is 6.19. The Kier molecular flexibility index (Phi) is 4.26. The van der Waals surface area contributed by atoms with Crippen LogP contribution >= 0.6 is 11.3 Å². The molecular formula is C17H23N3O3S2. The Bertz CT molecular complexity index is 850. The molecule has 1 saturated carbocycles. The van der Waals surface area contributed by atoms with Crippen molar-refractivity contribution in [3.63, 3.8) is 0 Å². The Balaban J connectivity index is 1.82. The Hall–Kier alpha value is -1.22. The van der Waals surface area contributed by atoms with Gasteiger partial charge in [-0.1, -0.05) is 18.9 Å². The minimum Gasteiger partial charge on any atom is -0.363 e. The van der Waals surface area contributed by atoms with Crippen molar-refractivity contribution in [3.05, 3.63) is 23.7 Å². The molecule has 4 rings (SSSR count). The lowest BCUT2D eigenvalue weighted by Crippen LogP contribution is -2.44. The van der Waals surface area contributed by atoms with Crippen LogP contribution in [0.25, 0.3) is 10.6 Å². The lowest BCUT2D eigenvalue weighted by Gasteiger charge is -2.27. The van der Waals surface area contributed by atoms with Gasteiger partial charge in [-0.2, -0.15) is 9.40 Å². The molecule has 0 radical (unpaired) electrons. The summed E-state index contributed by atoms with van der Waals surface area (Å²) in [5.74, 6) is 0. The maximum absolute atomic E-state index is 13.4. The fourth-order valence-electron chi connectivity index (χ4n) is 3.64. The van der Waals surface area contributed by atoms with Crippen LogP contribution in [-0.4, -0.2) is 41.4 Å². The molecule has 1 aliphatic carbocycles. The number of hydrogen-bond acceptors (Lipinski definition) is 5. The third-order valence-corrected chi connectivity index (χ3v) is 7.97. The molecule has 8 heteroatoms. The van der Waals surface area contributed by atoms with Crippen molar-refractivity contribution < 1.29 is 13.2 Å². The van der Waals surface area contributed by atoms with E-state index in [1.807, 2.05) is 36.0 Å². The number of nitrogens with zero attached hydrogens (tertiary/aromatic N) is 3. The van der Waals surface area contributed by atoms with Crippen LogP contribution in [0.15, 0.2) is 28.6 Å². The van der Waals surface area contributed by atoms with E-state index in [9.17, 15) is 8.42 Å². The van der Waals surface area contributed by atoms with Gasteiger partial charge in [-0.25, -0.2) is 8.42 Å². The number of rotatable bonds is 4. The van der Waals surface area contributed by atoms with Crippen LogP contribution in [0.2, 0.25) is 0 Å². The van der Waals surface area contributed by atoms with E-state index < -0.39 is 15.6 Å². The molecule has 0 atom stereocenters. The Morgan fingerprint density at radius 2 is 2.08 bits per heavy atom. The highest BCUT2D eigenvalue weighted by molar-refractivity contribution is 7.89. The molecule has 0 N–H and O–H groups in total. The molecular weight excluding hydrogens is 358 g/mol. The molecule has 0 unspecified atom stereocenters. The van der Waals surface area contributed by atoms with Crippen LogP contribution in [0.1, 0.15) is 45.6 Å². The molecule has 0 bridgehead atoms. The second-order valence-corrected chi connectivity index (χ2v) is 10.2. The number of hydrogen-bond donors (Lipinski definition) is 0. The summed E-state index contributed by atoms with van der Waals surface area (Å²) in [6.45, 7) is 4.28. The standard InChI is InChI=1S/C17H23N3O3S2/c1-17(2)11-23-12-20(17)25(21,22)15-10-19(13-6-3-4-7-13)18-16(15)14-8-5-9-24-14/h5,8-10,13H,3-4,6-7,11-12H2,1-2H3. The highest BCUT2D eigenvalue weighted by Crippen LogP contribution is 2.38. The van der Waals surface area contributed by atoms with Gasteiger partial charge in [-0.15, -0.1) is 11.3 Å². The maximum atomic E-state index is 13.4. The summed E-state index contributed by atoms with van der Waals surface area (Å²) in [6, 6.07) is 4.15. The maximum Gasteiger partial charge on any atom is 0.249 e. The summed E-state index contributed by atoms with van der Waals surface area (Å²) in [5, 5.41) is 6.65. The summed E-state index contributed by atoms with van der Waals surface area (Å²) in [5.41, 5.74) is 0.00526. The Morgan fingerprint density at radius 3 is 2.68 bits per heavy atom. The van der Waals surface area contributed by atoms with Crippen molar-refractivity contribution in [2.75, 3.05) is 13.3 Å². The van der Waals surface area contributed by atoms with E-state index in [-0.39, 0.29) is 6.73 Å². The van der Waals surface area contributed by atoms with Crippen molar-refractivity contribution in [1.82, 2.24) is 14.1 Å². The first-order chi connectivity index (χ1) is 11.9. The molecule has 2 aromatic rings. The number of aromatic nitrogens is 2. The molecule has 2 aliphatic rings. The van der Waals surface area contributed by atoms with E-state index in [0.29, 0.717) is 23.2 Å². The lowest BCUT2D eigenvalue weighted by molar-refractivity contribution is 0.171.